The summed E-state index contributed by atoms with van der Waals surface area (Å²) in [6, 6.07) is 8.73. The minimum absolute atomic E-state index is 0.245. The summed E-state index contributed by atoms with van der Waals surface area (Å²) in [5.41, 5.74) is 13.4. The molecule has 0 radical (unpaired) electrons. The van der Waals surface area contributed by atoms with Crippen molar-refractivity contribution >= 4 is 11.8 Å². The molecule has 0 heterocycles. The van der Waals surface area contributed by atoms with Gasteiger partial charge in [-0.2, -0.15) is 0 Å². The minimum Gasteiger partial charge on any atom is -0.308 e. The Hall–Kier alpha value is -0.510. The van der Waals surface area contributed by atoms with Crippen molar-refractivity contribution in [2.45, 2.75) is 25.3 Å². The van der Waals surface area contributed by atoms with Crippen LogP contribution in [-0.4, -0.2) is 11.3 Å². The van der Waals surface area contributed by atoms with Gasteiger partial charge in [0.2, 0.25) is 0 Å². The molecule has 1 rings (SSSR count). The molecular weight excluding hydrogens is 192 g/mol. The lowest BCUT2D eigenvalue weighted by molar-refractivity contribution is 0.981. The molecule has 1 aromatic carbocycles. The van der Waals surface area contributed by atoms with Crippen LogP contribution in [0.25, 0.3) is 0 Å². The zero-order valence-electron chi connectivity index (χ0n) is 8.57. The fourth-order valence-electron chi connectivity index (χ4n) is 1.25. The van der Waals surface area contributed by atoms with Gasteiger partial charge in [-0.3, -0.25) is 0 Å². The van der Waals surface area contributed by atoms with Crippen molar-refractivity contribution in [3.05, 3.63) is 35.4 Å². The van der Waals surface area contributed by atoms with Crippen LogP contribution in [0.3, 0.4) is 0 Å². The van der Waals surface area contributed by atoms with Gasteiger partial charge < -0.3 is 11.5 Å². The number of thioether (sulfide) groups is 1. The van der Waals surface area contributed by atoms with Crippen molar-refractivity contribution < 1.29 is 0 Å². The molecule has 3 heteroatoms. The molecule has 0 aliphatic rings. The Bertz CT molecular complexity index is 256. The summed E-state index contributed by atoms with van der Waals surface area (Å²) in [6.45, 7) is 2.16. The third kappa shape index (κ3) is 4.13. The van der Waals surface area contributed by atoms with Gasteiger partial charge >= 0.3 is 0 Å². The zero-order valence-corrected chi connectivity index (χ0v) is 9.39. The molecule has 0 aliphatic carbocycles. The summed E-state index contributed by atoms with van der Waals surface area (Å²) in [5.74, 6) is 0.989. The second-order valence-corrected chi connectivity index (χ2v) is 4.54. The largest absolute Gasteiger partial charge is 0.308 e. The monoisotopic (exact) mass is 210 g/mol. The first-order valence-electron chi connectivity index (χ1n) is 4.93. The van der Waals surface area contributed by atoms with E-state index in [9.17, 15) is 0 Å². The van der Waals surface area contributed by atoms with Gasteiger partial charge in [-0.1, -0.05) is 31.2 Å². The highest BCUT2D eigenvalue weighted by molar-refractivity contribution is 7.99. The van der Waals surface area contributed by atoms with Gasteiger partial charge in [0.1, 0.15) is 5.50 Å². The van der Waals surface area contributed by atoms with Crippen molar-refractivity contribution in [2.75, 3.05) is 5.75 Å². The lowest BCUT2D eigenvalue weighted by Crippen LogP contribution is -2.26. The summed E-state index contributed by atoms with van der Waals surface area (Å²) >= 11 is 1.59. The molecule has 0 atom stereocenters. The maximum Gasteiger partial charge on any atom is 0.100 e. The predicted octanol–water partition coefficient (Wildman–Crippen LogP) is 1.73. The molecule has 0 fully saturated rings. The fourth-order valence-corrected chi connectivity index (χ4v) is 1.88. The van der Waals surface area contributed by atoms with Crippen molar-refractivity contribution in [3.8, 4) is 0 Å². The summed E-state index contributed by atoms with van der Waals surface area (Å²) in [7, 11) is 0. The molecule has 2 nitrogen and oxygen atoms in total. The lowest BCUT2D eigenvalue weighted by Gasteiger charge is -2.05. The van der Waals surface area contributed by atoms with E-state index in [4.69, 9.17) is 11.5 Å². The molecule has 0 aliphatic heterocycles. The molecular formula is C11H18N2S. The van der Waals surface area contributed by atoms with E-state index in [1.165, 1.54) is 11.1 Å². The van der Waals surface area contributed by atoms with Crippen molar-refractivity contribution in [1.29, 1.82) is 0 Å². The molecule has 14 heavy (non-hydrogen) atoms. The molecule has 0 bridgehead atoms. The second kappa shape index (κ2) is 6.06. The minimum atomic E-state index is -0.245. The summed E-state index contributed by atoms with van der Waals surface area (Å²) in [4.78, 5) is 0. The summed E-state index contributed by atoms with van der Waals surface area (Å²) in [5, 5.41) is 0. The van der Waals surface area contributed by atoms with Crippen LogP contribution in [0.2, 0.25) is 0 Å². The maximum atomic E-state index is 5.44. The van der Waals surface area contributed by atoms with Crippen LogP contribution in [-0.2, 0) is 12.8 Å². The van der Waals surface area contributed by atoms with Crippen molar-refractivity contribution in [2.24, 2.45) is 11.5 Å². The first-order valence-corrected chi connectivity index (χ1v) is 5.98. The Labute approximate surface area is 90.1 Å². The van der Waals surface area contributed by atoms with Crippen molar-refractivity contribution in [3.63, 3.8) is 0 Å². The number of hydrogen-bond donors (Lipinski definition) is 2. The van der Waals surface area contributed by atoms with E-state index in [1.807, 2.05) is 0 Å². The number of hydrogen-bond acceptors (Lipinski definition) is 3. The van der Waals surface area contributed by atoms with Crippen LogP contribution < -0.4 is 11.5 Å². The van der Waals surface area contributed by atoms with E-state index >= 15 is 0 Å². The first kappa shape index (κ1) is 11.6. The van der Waals surface area contributed by atoms with E-state index in [2.05, 4.69) is 31.2 Å². The predicted molar refractivity (Wildman–Crippen MR) is 64.1 cm³/mol. The SMILES string of the molecule is CCc1ccc(CCSC(N)N)cc1. The highest BCUT2D eigenvalue weighted by atomic mass is 32.2. The molecule has 0 saturated heterocycles. The standard InChI is InChI=1S/C11H18N2S/c1-2-9-3-5-10(6-4-9)7-8-14-11(12)13/h3-6,11H,2,7-8,12-13H2,1H3. The average Bonchev–Trinajstić information content (AvgIpc) is 2.18. The van der Waals surface area contributed by atoms with Crippen molar-refractivity contribution in [1.82, 2.24) is 0 Å². The van der Waals surface area contributed by atoms with E-state index in [-0.39, 0.29) is 5.50 Å². The molecule has 0 saturated carbocycles. The quantitative estimate of drug-likeness (QED) is 0.728. The Balaban J connectivity index is 2.36. The Kier molecular flexibility index (Phi) is 5.01. The number of nitrogens with two attached hydrogens (primary N) is 2. The highest BCUT2D eigenvalue weighted by Crippen LogP contribution is 2.09. The lowest BCUT2D eigenvalue weighted by atomic mass is 10.1. The van der Waals surface area contributed by atoms with Gasteiger partial charge in [-0.15, -0.1) is 11.8 Å². The van der Waals surface area contributed by atoms with Crippen LogP contribution in [0.1, 0.15) is 18.1 Å². The fraction of sp³-hybridized carbons (Fsp3) is 0.455. The number of benzene rings is 1. The van der Waals surface area contributed by atoms with Gasteiger partial charge in [0.05, 0.1) is 0 Å². The smallest absolute Gasteiger partial charge is 0.100 e. The van der Waals surface area contributed by atoms with Crippen LogP contribution in [0.5, 0.6) is 0 Å². The van der Waals surface area contributed by atoms with Crippen LogP contribution in [0.4, 0.5) is 0 Å². The van der Waals surface area contributed by atoms with E-state index in [1.54, 1.807) is 11.8 Å². The molecule has 0 spiro atoms. The second-order valence-electron chi connectivity index (χ2n) is 3.26. The molecule has 78 valence electrons. The van der Waals surface area contributed by atoms with E-state index in [0.717, 1.165) is 18.6 Å². The topological polar surface area (TPSA) is 52.0 Å². The Morgan fingerprint density at radius 2 is 1.71 bits per heavy atom. The molecule has 0 unspecified atom stereocenters. The van der Waals surface area contributed by atoms with Gasteiger partial charge in [0.25, 0.3) is 0 Å². The zero-order chi connectivity index (χ0) is 10.4. The van der Waals surface area contributed by atoms with Gasteiger partial charge in [-0.05, 0) is 24.0 Å². The van der Waals surface area contributed by atoms with Crippen LogP contribution in [0.15, 0.2) is 24.3 Å². The first-order chi connectivity index (χ1) is 6.72. The highest BCUT2D eigenvalue weighted by Gasteiger charge is 1.96. The Morgan fingerprint density at radius 3 is 2.21 bits per heavy atom. The molecule has 0 amide bonds. The molecule has 1 aromatic rings. The van der Waals surface area contributed by atoms with Gasteiger partial charge in [0.15, 0.2) is 0 Å². The average molecular weight is 210 g/mol. The normalized spacial score (nSPS) is 10.9. The third-order valence-electron chi connectivity index (χ3n) is 2.13. The molecule has 0 aromatic heterocycles. The number of rotatable bonds is 5. The summed E-state index contributed by atoms with van der Waals surface area (Å²) < 4.78 is 0. The third-order valence-corrected chi connectivity index (χ3v) is 2.96. The van der Waals surface area contributed by atoms with Gasteiger partial charge in [-0.25, -0.2) is 0 Å². The van der Waals surface area contributed by atoms with Gasteiger partial charge in [0, 0.05) is 5.75 Å². The van der Waals surface area contributed by atoms with Crippen LogP contribution >= 0.6 is 11.8 Å². The van der Waals surface area contributed by atoms with Crippen LogP contribution in [0, 0.1) is 0 Å². The van der Waals surface area contributed by atoms with E-state index < -0.39 is 0 Å². The Morgan fingerprint density at radius 1 is 1.14 bits per heavy atom. The maximum absolute atomic E-state index is 5.44. The number of aryl methyl sites for hydroxylation is 2. The van der Waals surface area contributed by atoms with E-state index in [0.29, 0.717) is 0 Å². The summed E-state index contributed by atoms with van der Waals surface area (Å²) in [6.07, 6.45) is 2.14. The molecule has 4 N–H and O–H groups in total.